The highest BCUT2D eigenvalue weighted by Gasteiger charge is 2.21. The smallest absolute Gasteiger partial charge is 0.174 e. The molecule has 0 bridgehead atoms. The Bertz CT molecular complexity index is 494. The third-order valence-corrected chi connectivity index (χ3v) is 3.34. The molecule has 0 saturated heterocycles. The molecular weight excluding hydrogens is 293 g/mol. The van der Waals surface area contributed by atoms with Gasteiger partial charge >= 0.3 is 0 Å². The molecule has 1 unspecified atom stereocenters. The number of hydrogen-bond acceptors (Lipinski definition) is 3. The maximum absolute atomic E-state index is 6.15. The molecule has 0 spiro atoms. The van der Waals surface area contributed by atoms with Crippen LogP contribution in [0.5, 0.6) is 0 Å². The van der Waals surface area contributed by atoms with Gasteiger partial charge in [-0.2, -0.15) is 5.10 Å². The Morgan fingerprint density at radius 1 is 1.69 bits per heavy atom. The maximum atomic E-state index is 6.15. The van der Waals surface area contributed by atoms with E-state index < -0.39 is 0 Å². The van der Waals surface area contributed by atoms with Gasteiger partial charge in [-0.05, 0) is 28.9 Å². The Balaban J connectivity index is 2.44. The van der Waals surface area contributed by atoms with Crippen molar-refractivity contribution >= 4 is 27.5 Å². The van der Waals surface area contributed by atoms with Crippen LogP contribution in [0.1, 0.15) is 24.2 Å². The Kier molecular flexibility index (Phi) is 3.37. The summed E-state index contributed by atoms with van der Waals surface area (Å²) >= 11 is 9.38. The van der Waals surface area contributed by atoms with E-state index in [1.807, 2.05) is 13.0 Å². The normalized spacial score (nSPS) is 13.0. The summed E-state index contributed by atoms with van der Waals surface area (Å²) < 4.78 is 7.57. The second-order valence-corrected chi connectivity index (χ2v) is 4.45. The average Bonchev–Trinajstić information content (AvgIpc) is 2.83. The summed E-state index contributed by atoms with van der Waals surface area (Å²) in [6.45, 7) is 2.72. The van der Waals surface area contributed by atoms with Crippen LogP contribution in [0.25, 0.3) is 0 Å². The molecule has 0 radical (unpaired) electrons. The third-order valence-electron chi connectivity index (χ3n) is 2.41. The second-order valence-electron chi connectivity index (χ2n) is 3.32. The molecular formula is C10H11BrClN3O. The zero-order chi connectivity index (χ0) is 11.7. The molecule has 16 heavy (non-hydrogen) atoms. The summed E-state index contributed by atoms with van der Waals surface area (Å²) in [6.07, 6.45) is 3.19. The average molecular weight is 305 g/mol. The zero-order valence-corrected chi connectivity index (χ0v) is 11.0. The van der Waals surface area contributed by atoms with Gasteiger partial charge in [0.25, 0.3) is 0 Å². The summed E-state index contributed by atoms with van der Waals surface area (Å²) in [4.78, 5) is 0. The minimum Gasteiger partial charge on any atom is -0.457 e. The van der Waals surface area contributed by atoms with Crippen molar-refractivity contribution < 1.29 is 4.42 Å². The second kappa shape index (κ2) is 4.61. The molecule has 0 aliphatic rings. The van der Waals surface area contributed by atoms with Crippen LogP contribution < -0.4 is 5.73 Å². The van der Waals surface area contributed by atoms with Gasteiger partial charge in [0.2, 0.25) is 0 Å². The fraction of sp³-hybridized carbons (Fsp3) is 0.300. The number of nitrogens with two attached hydrogens (primary N) is 1. The molecule has 0 aliphatic heterocycles. The minimum atomic E-state index is -0.344. The van der Waals surface area contributed by atoms with Crippen LogP contribution in [-0.4, -0.2) is 9.78 Å². The van der Waals surface area contributed by atoms with Crippen LogP contribution in [0.3, 0.4) is 0 Å². The van der Waals surface area contributed by atoms with E-state index in [2.05, 4.69) is 21.0 Å². The number of rotatable bonds is 3. The van der Waals surface area contributed by atoms with Gasteiger partial charge in [-0.3, -0.25) is 4.68 Å². The number of halogens is 2. The van der Waals surface area contributed by atoms with Crippen molar-refractivity contribution in [2.75, 3.05) is 0 Å². The monoisotopic (exact) mass is 303 g/mol. The van der Waals surface area contributed by atoms with Gasteiger partial charge < -0.3 is 10.2 Å². The number of nitrogens with zero attached hydrogens (tertiary/aromatic N) is 2. The van der Waals surface area contributed by atoms with Crippen molar-refractivity contribution in [3.05, 3.63) is 39.5 Å². The first-order valence-corrected chi connectivity index (χ1v) is 6.02. The highest BCUT2D eigenvalue weighted by molar-refractivity contribution is 9.10. The van der Waals surface area contributed by atoms with Crippen LogP contribution in [0.2, 0.25) is 5.02 Å². The van der Waals surface area contributed by atoms with E-state index in [4.69, 9.17) is 21.8 Å². The predicted octanol–water partition coefficient (Wildman–Crippen LogP) is 2.96. The number of aryl methyl sites for hydroxylation is 1. The predicted molar refractivity (Wildman–Crippen MR) is 65.3 cm³/mol. The molecule has 0 amide bonds. The van der Waals surface area contributed by atoms with Crippen molar-refractivity contribution in [1.29, 1.82) is 0 Å². The molecule has 0 aromatic carbocycles. The SMILES string of the molecule is CCn1ncc(Cl)c1C(N)c1ccoc1Br. The van der Waals surface area contributed by atoms with Gasteiger partial charge in [-0.15, -0.1) is 0 Å². The summed E-state index contributed by atoms with van der Waals surface area (Å²) in [5.41, 5.74) is 7.80. The summed E-state index contributed by atoms with van der Waals surface area (Å²) in [6, 6.07) is 1.47. The first-order chi connectivity index (χ1) is 7.65. The molecule has 2 aromatic rings. The first kappa shape index (κ1) is 11.7. The fourth-order valence-electron chi connectivity index (χ4n) is 1.61. The zero-order valence-electron chi connectivity index (χ0n) is 8.65. The minimum absolute atomic E-state index is 0.344. The van der Waals surface area contributed by atoms with E-state index in [1.165, 1.54) is 0 Å². The molecule has 4 nitrogen and oxygen atoms in total. The lowest BCUT2D eigenvalue weighted by molar-refractivity contribution is 0.531. The van der Waals surface area contributed by atoms with Gasteiger partial charge in [-0.25, -0.2) is 0 Å². The first-order valence-electron chi connectivity index (χ1n) is 4.84. The van der Waals surface area contributed by atoms with E-state index >= 15 is 0 Å². The van der Waals surface area contributed by atoms with Gasteiger partial charge in [0.15, 0.2) is 4.67 Å². The van der Waals surface area contributed by atoms with Crippen LogP contribution in [-0.2, 0) is 6.54 Å². The Hall–Kier alpha value is -0.780. The molecule has 1 atom stereocenters. The van der Waals surface area contributed by atoms with Crippen molar-refractivity contribution in [1.82, 2.24) is 9.78 Å². The van der Waals surface area contributed by atoms with E-state index in [1.54, 1.807) is 17.1 Å². The van der Waals surface area contributed by atoms with E-state index in [0.717, 1.165) is 17.8 Å². The van der Waals surface area contributed by atoms with E-state index in [0.29, 0.717) is 9.69 Å². The molecule has 86 valence electrons. The van der Waals surface area contributed by atoms with Crippen LogP contribution >= 0.6 is 27.5 Å². The fourth-order valence-corrected chi connectivity index (χ4v) is 2.35. The summed E-state index contributed by atoms with van der Waals surface area (Å²) in [5.74, 6) is 0. The van der Waals surface area contributed by atoms with Crippen LogP contribution in [0.4, 0.5) is 0 Å². The molecule has 0 saturated carbocycles. The van der Waals surface area contributed by atoms with E-state index in [9.17, 15) is 0 Å². The Morgan fingerprint density at radius 2 is 2.44 bits per heavy atom. The molecule has 2 rings (SSSR count). The Morgan fingerprint density at radius 3 is 3.00 bits per heavy atom. The lowest BCUT2D eigenvalue weighted by Crippen LogP contribution is -2.17. The molecule has 0 aliphatic carbocycles. The number of aromatic nitrogens is 2. The van der Waals surface area contributed by atoms with Crippen LogP contribution in [0.15, 0.2) is 27.6 Å². The van der Waals surface area contributed by atoms with E-state index in [-0.39, 0.29) is 6.04 Å². The lowest BCUT2D eigenvalue weighted by Gasteiger charge is -2.12. The number of furan rings is 1. The molecule has 2 heterocycles. The van der Waals surface area contributed by atoms with Crippen LogP contribution in [0, 0.1) is 0 Å². The quantitative estimate of drug-likeness (QED) is 0.948. The van der Waals surface area contributed by atoms with Gasteiger partial charge in [-0.1, -0.05) is 11.6 Å². The largest absolute Gasteiger partial charge is 0.457 e. The maximum Gasteiger partial charge on any atom is 0.174 e. The molecule has 6 heteroatoms. The van der Waals surface area contributed by atoms with Gasteiger partial charge in [0.1, 0.15) is 0 Å². The standard InChI is InChI=1S/C10H11BrClN3O/c1-2-15-9(7(12)5-14-15)8(13)6-3-4-16-10(6)11/h3-5,8H,2,13H2,1H3. The van der Waals surface area contributed by atoms with Gasteiger partial charge in [0, 0.05) is 12.1 Å². The molecule has 0 fully saturated rings. The van der Waals surface area contributed by atoms with Crippen molar-refractivity contribution in [2.24, 2.45) is 5.73 Å². The van der Waals surface area contributed by atoms with Crippen molar-refractivity contribution in [3.63, 3.8) is 0 Å². The summed E-state index contributed by atoms with van der Waals surface area (Å²) in [5, 5.41) is 4.73. The topological polar surface area (TPSA) is 57.0 Å². The lowest BCUT2D eigenvalue weighted by atomic mass is 10.1. The van der Waals surface area contributed by atoms with Gasteiger partial charge in [0.05, 0.1) is 29.2 Å². The number of hydrogen-bond donors (Lipinski definition) is 1. The van der Waals surface area contributed by atoms with Crippen molar-refractivity contribution in [3.8, 4) is 0 Å². The Labute approximate surface area is 106 Å². The highest BCUT2D eigenvalue weighted by atomic mass is 79.9. The highest BCUT2D eigenvalue weighted by Crippen LogP contribution is 2.31. The van der Waals surface area contributed by atoms with Crippen molar-refractivity contribution in [2.45, 2.75) is 19.5 Å². The summed E-state index contributed by atoms with van der Waals surface area (Å²) in [7, 11) is 0. The molecule has 2 aromatic heterocycles. The molecule has 2 N–H and O–H groups in total. The third kappa shape index (κ3) is 1.90.